The zero-order chi connectivity index (χ0) is 14.4. The Bertz CT molecular complexity index is 503. The fourth-order valence-electron chi connectivity index (χ4n) is 2.84. The minimum Gasteiger partial charge on any atom is -0.384 e. The average molecular weight is 275 g/mol. The quantitative estimate of drug-likeness (QED) is 0.857. The van der Waals surface area contributed by atoms with Gasteiger partial charge in [-0.2, -0.15) is 0 Å². The van der Waals surface area contributed by atoms with Gasteiger partial charge < -0.3 is 5.11 Å². The van der Waals surface area contributed by atoms with Crippen LogP contribution in [0.4, 0.5) is 4.39 Å². The Morgan fingerprint density at radius 1 is 1.40 bits per heavy atom. The summed E-state index contributed by atoms with van der Waals surface area (Å²) in [4.78, 5) is 2.40. The Kier molecular flexibility index (Phi) is 5.58. The van der Waals surface area contributed by atoms with Crippen molar-refractivity contribution in [2.75, 3.05) is 19.7 Å². The van der Waals surface area contributed by atoms with E-state index in [0.29, 0.717) is 5.56 Å². The molecule has 0 spiro atoms. The first-order valence-electron chi connectivity index (χ1n) is 7.32. The molecule has 1 heterocycles. The molecule has 2 nitrogen and oxygen atoms in total. The smallest absolute Gasteiger partial charge is 0.124 e. The van der Waals surface area contributed by atoms with Gasteiger partial charge >= 0.3 is 0 Å². The summed E-state index contributed by atoms with van der Waals surface area (Å²) in [6.07, 6.45) is 3.75. The number of aliphatic hydroxyl groups is 1. The Labute approximate surface area is 120 Å². The van der Waals surface area contributed by atoms with Crippen LogP contribution in [0.5, 0.6) is 0 Å². The molecular formula is C17H22FNO. The normalized spacial score (nSPS) is 19.4. The van der Waals surface area contributed by atoms with E-state index in [-0.39, 0.29) is 12.4 Å². The summed E-state index contributed by atoms with van der Waals surface area (Å²) in [5, 5.41) is 8.71. The van der Waals surface area contributed by atoms with Crippen LogP contribution in [-0.2, 0) is 6.54 Å². The first-order valence-corrected chi connectivity index (χ1v) is 7.32. The Balaban J connectivity index is 2.06. The van der Waals surface area contributed by atoms with E-state index in [9.17, 15) is 4.39 Å². The summed E-state index contributed by atoms with van der Waals surface area (Å²) in [7, 11) is 0. The van der Waals surface area contributed by atoms with Crippen molar-refractivity contribution in [2.45, 2.75) is 32.7 Å². The number of hydrogen-bond acceptors (Lipinski definition) is 2. The lowest BCUT2D eigenvalue weighted by Crippen LogP contribution is -2.34. The highest BCUT2D eigenvalue weighted by atomic mass is 19.1. The molecule has 0 aromatic heterocycles. The zero-order valence-corrected chi connectivity index (χ0v) is 12.0. The molecule has 1 saturated heterocycles. The zero-order valence-electron chi connectivity index (χ0n) is 12.0. The molecule has 1 aromatic carbocycles. The second-order valence-electron chi connectivity index (χ2n) is 5.46. The monoisotopic (exact) mass is 275 g/mol. The molecule has 1 atom stereocenters. The summed E-state index contributed by atoms with van der Waals surface area (Å²) >= 11 is 0. The molecule has 108 valence electrons. The highest BCUT2D eigenvalue weighted by Crippen LogP contribution is 2.21. The van der Waals surface area contributed by atoms with Gasteiger partial charge in [0.05, 0.1) is 0 Å². The lowest BCUT2D eigenvalue weighted by Gasteiger charge is -2.32. The Morgan fingerprint density at radius 2 is 2.25 bits per heavy atom. The van der Waals surface area contributed by atoms with E-state index < -0.39 is 0 Å². The van der Waals surface area contributed by atoms with Gasteiger partial charge in [-0.3, -0.25) is 4.90 Å². The summed E-state index contributed by atoms with van der Waals surface area (Å²) in [6.45, 7) is 5.01. The molecule has 0 saturated carbocycles. The largest absolute Gasteiger partial charge is 0.384 e. The number of piperidine rings is 1. The van der Waals surface area contributed by atoms with Crippen molar-refractivity contribution in [3.8, 4) is 11.8 Å². The summed E-state index contributed by atoms with van der Waals surface area (Å²) in [6, 6.07) is 4.91. The van der Waals surface area contributed by atoms with Crippen molar-refractivity contribution in [1.29, 1.82) is 0 Å². The van der Waals surface area contributed by atoms with E-state index in [1.807, 2.05) is 6.07 Å². The number of rotatable bonds is 3. The molecule has 1 aliphatic rings. The fraction of sp³-hybridized carbons (Fsp3) is 0.529. The van der Waals surface area contributed by atoms with E-state index in [1.54, 1.807) is 6.07 Å². The van der Waals surface area contributed by atoms with Crippen LogP contribution in [0.15, 0.2) is 18.2 Å². The molecule has 0 radical (unpaired) electrons. The van der Waals surface area contributed by atoms with E-state index >= 15 is 0 Å². The summed E-state index contributed by atoms with van der Waals surface area (Å²) in [5.41, 5.74) is 1.60. The second kappa shape index (κ2) is 7.42. The van der Waals surface area contributed by atoms with Crippen molar-refractivity contribution >= 4 is 0 Å². The minimum atomic E-state index is -0.256. The molecule has 1 aliphatic heterocycles. The third-order valence-electron chi connectivity index (χ3n) is 3.86. The van der Waals surface area contributed by atoms with Crippen LogP contribution in [-0.4, -0.2) is 29.7 Å². The summed E-state index contributed by atoms with van der Waals surface area (Å²) in [5.74, 6) is 5.85. The molecule has 1 fully saturated rings. The van der Waals surface area contributed by atoms with Crippen LogP contribution in [0, 0.1) is 23.6 Å². The Morgan fingerprint density at radius 3 is 3.00 bits per heavy atom. The van der Waals surface area contributed by atoms with E-state index in [0.717, 1.165) is 31.1 Å². The number of hydrogen-bond donors (Lipinski definition) is 1. The molecule has 0 amide bonds. The van der Waals surface area contributed by atoms with E-state index in [1.165, 1.54) is 25.3 Å². The van der Waals surface area contributed by atoms with Gasteiger partial charge in [-0.1, -0.05) is 25.2 Å². The summed E-state index contributed by atoms with van der Waals surface area (Å²) < 4.78 is 13.6. The number of nitrogens with zero attached hydrogens (tertiary/aromatic N) is 1. The van der Waals surface area contributed by atoms with Crippen LogP contribution in [0.3, 0.4) is 0 Å². The lowest BCUT2D eigenvalue weighted by molar-refractivity contribution is 0.164. The van der Waals surface area contributed by atoms with Gasteiger partial charge in [-0.25, -0.2) is 4.39 Å². The van der Waals surface area contributed by atoms with Crippen molar-refractivity contribution in [1.82, 2.24) is 4.90 Å². The van der Waals surface area contributed by atoms with Crippen LogP contribution in [0.2, 0.25) is 0 Å². The van der Waals surface area contributed by atoms with Crippen LogP contribution in [0.25, 0.3) is 0 Å². The predicted octanol–water partition coefficient (Wildman–Crippen LogP) is 2.79. The highest BCUT2D eigenvalue weighted by Gasteiger charge is 2.18. The van der Waals surface area contributed by atoms with Crippen LogP contribution in [0.1, 0.15) is 37.3 Å². The van der Waals surface area contributed by atoms with Gasteiger partial charge in [0, 0.05) is 18.7 Å². The number of halogens is 1. The van der Waals surface area contributed by atoms with Gasteiger partial charge in [-0.15, -0.1) is 0 Å². The topological polar surface area (TPSA) is 23.5 Å². The molecule has 3 heteroatoms. The van der Waals surface area contributed by atoms with E-state index in [2.05, 4.69) is 23.7 Å². The maximum Gasteiger partial charge on any atom is 0.124 e. The van der Waals surface area contributed by atoms with Crippen LogP contribution < -0.4 is 0 Å². The first-order chi connectivity index (χ1) is 9.71. The highest BCUT2D eigenvalue weighted by molar-refractivity contribution is 5.37. The van der Waals surface area contributed by atoms with Gasteiger partial charge in [0.15, 0.2) is 0 Å². The standard InChI is InChI=1S/C17H22FNO/c1-2-14-5-3-7-19(12-14)13-16-9-15(6-4-8-20)10-17(18)11-16/h9-11,14,20H,2-3,5,7-8,12-13H2,1H3. The second-order valence-corrected chi connectivity index (χ2v) is 5.46. The van der Waals surface area contributed by atoms with E-state index in [4.69, 9.17) is 5.11 Å². The maximum absolute atomic E-state index is 13.6. The molecule has 1 N–H and O–H groups in total. The Hall–Kier alpha value is -1.37. The molecule has 0 bridgehead atoms. The molecule has 1 unspecified atom stereocenters. The third-order valence-corrected chi connectivity index (χ3v) is 3.86. The van der Waals surface area contributed by atoms with Crippen molar-refractivity contribution in [2.24, 2.45) is 5.92 Å². The minimum absolute atomic E-state index is 0.198. The number of likely N-dealkylation sites (tertiary alicyclic amines) is 1. The van der Waals surface area contributed by atoms with Gasteiger partial charge in [-0.05, 0) is 49.1 Å². The predicted molar refractivity (Wildman–Crippen MR) is 78.7 cm³/mol. The number of benzene rings is 1. The number of aliphatic hydroxyl groups excluding tert-OH is 1. The SMILES string of the molecule is CCC1CCCN(Cc2cc(F)cc(C#CCO)c2)C1. The van der Waals surface area contributed by atoms with Gasteiger partial charge in [0.2, 0.25) is 0 Å². The van der Waals surface area contributed by atoms with Crippen LogP contribution >= 0.6 is 0 Å². The molecular weight excluding hydrogens is 253 g/mol. The average Bonchev–Trinajstić information content (AvgIpc) is 2.44. The van der Waals surface area contributed by atoms with Gasteiger partial charge in [0.25, 0.3) is 0 Å². The van der Waals surface area contributed by atoms with Crippen molar-refractivity contribution in [3.05, 3.63) is 35.1 Å². The van der Waals surface area contributed by atoms with Crippen molar-refractivity contribution in [3.63, 3.8) is 0 Å². The molecule has 2 rings (SSSR count). The molecule has 1 aromatic rings. The third kappa shape index (κ3) is 4.33. The van der Waals surface area contributed by atoms with Crippen molar-refractivity contribution < 1.29 is 9.50 Å². The maximum atomic E-state index is 13.6. The molecule has 0 aliphatic carbocycles. The fourth-order valence-corrected chi connectivity index (χ4v) is 2.84. The van der Waals surface area contributed by atoms with Gasteiger partial charge in [0.1, 0.15) is 12.4 Å². The first kappa shape index (κ1) is 15.0. The molecule has 20 heavy (non-hydrogen) atoms. The lowest BCUT2D eigenvalue weighted by atomic mass is 9.95.